The Kier molecular flexibility index (Phi) is 5.82. The average Bonchev–Trinajstić information content (AvgIpc) is 2.37. The minimum Gasteiger partial charge on any atom is -0.469 e. The van der Waals surface area contributed by atoms with E-state index in [1.54, 1.807) is 24.8 Å². The van der Waals surface area contributed by atoms with E-state index in [1.807, 2.05) is 13.0 Å². The van der Waals surface area contributed by atoms with Crippen LogP contribution in [0.5, 0.6) is 0 Å². The van der Waals surface area contributed by atoms with E-state index in [1.165, 1.54) is 13.2 Å². The van der Waals surface area contributed by atoms with Gasteiger partial charge in [0, 0.05) is 22.6 Å². The van der Waals surface area contributed by atoms with Crippen LogP contribution < -0.4 is 0 Å². The molecule has 1 unspecified atom stereocenters. The molecule has 0 heterocycles. The van der Waals surface area contributed by atoms with Crippen molar-refractivity contribution in [1.29, 1.82) is 0 Å². The van der Waals surface area contributed by atoms with E-state index in [2.05, 4.69) is 4.74 Å². The number of carbonyl (C=O) groups excluding carboxylic acids is 1. The first-order valence-electron chi connectivity index (χ1n) is 5.87. The Bertz CT molecular complexity index is 476. The molecule has 0 bridgehead atoms. The number of benzene rings is 1. The minimum atomic E-state index is -0.374. The van der Waals surface area contributed by atoms with Crippen LogP contribution in [0.3, 0.4) is 0 Å². The molecule has 6 heteroatoms. The van der Waals surface area contributed by atoms with Crippen LogP contribution in [0.15, 0.2) is 18.2 Å². The molecule has 1 aromatic carbocycles. The molecule has 1 atom stereocenters. The van der Waals surface area contributed by atoms with Gasteiger partial charge < -0.3 is 4.74 Å². The maximum absolute atomic E-state index is 11.1. The molecule has 0 aliphatic carbocycles. The third kappa shape index (κ3) is 4.55. The van der Waals surface area contributed by atoms with Crippen LogP contribution in [-0.2, 0) is 15.3 Å². The Balaban J connectivity index is 2.65. The monoisotopic (exact) mass is 283 g/mol. The summed E-state index contributed by atoms with van der Waals surface area (Å²) in [5.74, 6) is 0.404. The maximum Gasteiger partial charge on any atom is 0.306 e. The summed E-state index contributed by atoms with van der Waals surface area (Å²) in [5.41, 5.74) is 1.75. The summed E-state index contributed by atoms with van der Waals surface area (Å²) in [6, 6.07) is 5.06. The van der Waals surface area contributed by atoms with Crippen molar-refractivity contribution < 1.29 is 14.5 Å². The molecule has 104 valence electrons. The van der Waals surface area contributed by atoms with Gasteiger partial charge in [0.15, 0.2) is 0 Å². The zero-order chi connectivity index (χ0) is 14.4. The van der Waals surface area contributed by atoms with Crippen LogP contribution in [0.4, 0.5) is 5.69 Å². The third-order valence-corrected chi connectivity index (χ3v) is 4.03. The molecule has 0 aliphatic rings. The van der Waals surface area contributed by atoms with Crippen molar-refractivity contribution in [2.45, 2.75) is 31.3 Å². The molecule has 0 aromatic heterocycles. The molecular formula is C13H17NO4S. The first kappa shape index (κ1) is 15.5. The molecule has 0 saturated heterocycles. The van der Waals surface area contributed by atoms with Gasteiger partial charge in [0.05, 0.1) is 18.5 Å². The molecule has 0 spiro atoms. The number of carbonyl (C=O) groups is 1. The number of hydrogen-bond donors (Lipinski definition) is 0. The van der Waals surface area contributed by atoms with E-state index in [4.69, 9.17) is 0 Å². The first-order chi connectivity index (χ1) is 8.95. The van der Waals surface area contributed by atoms with E-state index in [9.17, 15) is 14.9 Å². The van der Waals surface area contributed by atoms with Gasteiger partial charge in [-0.1, -0.05) is 19.1 Å². The van der Waals surface area contributed by atoms with E-state index >= 15 is 0 Å². The number of thioether (sulfide) groups is 1. The molecule has 0 radical (unpaired) electrons. The van der Waals surface area contributed by atoms with Gasteiger partial charge in [-0.05, 0) is 12.5 Å². The van der Waals surface area contributed by atoms with Crippen LogP contribution in [0.2, 0.25) is 0 Å². The van der Waals surface area contributed by atoms with Crippen molar-refractivity contribution in [3.8, 4) is 0 Å². The highest BCUT2D eigenvalue weighted by Crippen LogP contribution is 2.27. The number of esters is 1. The van der Waals surface area contributed by atoms with Gasteiger partial charge in [-0.3, -0.25) is 14.9 Å². The number of methoxy groups -OCH3 is 1. The van der Waals surface area contributed by atoms with Crippen LogP contribution >= 0.6 is 11.8 Å². The number of nitro groups is 1. The number of nitrogens with zero attached hydrogens (tertiary/aromatic N) is 1. The van der Waals surface area contributed by atoms with Crippen LogP contribution in [0, 0.1) is 17.0 Å². The van der Waals surface area contributed by atoms with E-state index in [0.717, 1.165) is 5.56 Å². The highest BCUT2D eigenvalue weighted by molar-refractivity contribution is 7.99. The molecule has 0 amide bonds. The predicted octanol–water partition coefficient (Wildman–Crippen LogP) is 3.09. The topological polar surface area (TPSA) is 69.4 Å². The van der Waals surface area contributed by atoms with Crippen LogP contribution in [0.25, 0.3) is 0 Å². The first-order valence-corrected chi connectivity index (χ1v) is 6.92. The molecule has 0 saturated carbocycles. The average molecular weight is 283 g/mol. The van der Waals surface area contributed by atoms with Gasteiger partial charge in [0.2, 0.25) is 0 Å². The SMILES string of the molecule is COC(=O)CC(C)SCc1cccc([N+](=O)[O-])c1C. The highest BCUT2D eigenvalue weighted by atomic mass is 32.2. The Morgan fingerprint density at radius 3 is 2.79 bits per heavy atom. The molecule has 0 fully saturated rings. The summed E-state index contributed by atoms with van der Waals surface area (Å²) in [6.07, 6.45) is 0.342. The van der Waals surface area contributed by atoms with Crippen molar-refractivity contribution >= 4 is 23.4 Å². The zero-order valence-corrected chi connectivity index (χ0v) is 12.0. The van der Waals surface area contributed by atoms with Crippen molar-refractivity contribution in [2.24, 2.45) is 0 Å². The second kappa shape index (κ2) is 7.13. The largest absolute Gasteiger partial charge is 0.469 e. The number of ether oxygens (including phenoxy) is 1. The molecular weight excluding hydrogens is 266 g/mol. The molecule has 19 heavy (non-hydrogen) atoms. The maximum atomic E-state index is 11.1. The van der Waals surface area contributed by atoms with Crippen molar-refractivity contribution in [3.63, 3.8) is 0 Å². The van der Waals surface area contributed by atoms with E-state index in [-0.39, 0.29) is 21.8 Å². The van der Waals surface area contributed by atoms with Crippen molar-refractivity contribution in [2.75, 3.05) is 7.11 Å². The summed E-state index contributed by atoms with van der Waals surface area (Å²) in [4.78, 5) is 21.6. The van der Waals surface area contributed by atoms with E-state index < -0.39 is 0 Å². The molecule has 1 rings (SSSR count). The summed E-state index contributed by atoms with van der Waals surface area (Å²) < 4.78 is 4.61. The van der Waals surface area contributed by atoms with E-state index in [0.29, 0.717) is 17.7 Å². The Hall–Kier alpha value is -1.56. The Morgan fingerprint density at radius 2 is 2.21 bits per heavy atom. The second-order valence-electron chi connectivity index (χ2n) is 4.22. The zero-order valence-electron chi connectivity index (χ0n) is 11.2. The van der Waals surface area contributed by atoms with Gasteiger partial charge in [-0.15, -0.1) is 0 Å². The van der Waals surface area contributed by atoms with Gasteiger partial charge in [0.25, 0.3) is 5.69 Å². The Morgan fingerprint density at radius 1 is 1.53 bits per heavy atom. The molecule has 0 aliphatic heterocycles. The van der Waals surface area contributed by atoms with Crippen LogP contribution in [0.1, 0.15) is 24.5 Å². The fraction of sp³-hybridized carbons (Fsp3) is 0.462. The van der Waals surface area contributed by atoms with Gasteiger partial charge >= 0.3 is 5.97 Å². The van der Waals surface area contributed by atoms with Crippen molar-refractivity contribution in [1.82, 2.24) is 0 Å². The second-order valence-corrected chi connectivity index (χ2v) is 5.65. The fourth-order valence-corrected chi connectivity index (χ4v) is 2.66. The lowest BCUT2D eigenvalue weighted by Gasteiger charge is -2.11. The fourth-order valence-electron chi connectivity index (χ4n) is 1.63. The molecule has 5 nitrogen and oxygen atoms in total. The van der Waals surface area contributed by atoms with Gasteiger partial charge in [0.1, 0.15) is 0 Å². The summed E-state index contributed by atoms with van der Waals surface area (Å²) in [6.45, 7) is 3.69. The molecule has 0 N–H and O–H groups in total. The number of rotatable bonds is 6. The quantitative estimate of drug-likeness (QED) is 0.456. The minimum absolute atomic E-state index is 0.117. The highest BCUT2D eigenvalue weighted by Gasteiger charge is 2.15. The number of hydrogen-bond acceptors (Lipinski definition) is 5. The van der Waals surface area contributed by atoms with Gasteiger partial charge in [-0.25, -0.2) is 0 Å². The number of nitro benzene ring substituents is 1. The van der Waals surface area contributed by atoms with Crippen molar-refractivity contribution in [3.05, 3.63) is 39.4 Å². The lowest BCUT2D eigenvalue weighted by Crippen LogP contribution is -2.09. The summed E-state index contributed by atoms with van der Waals surface area (Å²) >= 11 is 1.58. The smallest absolute Gasteiger partial charge is 0.306 e. The third-order valence-electron chi connectivity index (χ3n) is 2.82. The lowest BCUT2D eigenvalue weighted by atomic mass is 10.1. The van der Waals surface area contributed by atoms with Crippen LogP contribution in [-0.4, -0.2) is 23.3 Å². The predicted molar refractivity (Wildman–Crippen MR) is 75.2 cm³/mol. The standard InChI is InChI=1S/C13H17NO4S/c1-9(7-13(15)18-3)19-8-11-5-4-6-12(10(11)2)14(16)17/h4-6,9H,7-8H2,1-3H3. The summed E-state index contributed by atoms with van der Waals surface area (Å²) in [5, 5.41) is 11.0. The normalized spacial score (nSPS) is 11.9. The Labute approximate surface area is 116 Å². The molecule has 1 aromatic rings. The summed E-state index contributed by atoms with van der Waals surface area (Å²) in [7, 11) is 1.37. The van der Waals surface area contributed by atoms with Gasteiger partial charge in [-0.2, -0.15) is 11.8 Å². The lowest BCUT2D eigenvalue weighted by molar-refractivity contribution is -0.385.